The van der Waals surface area contributed by atoms with Crippen LogP contribution in [0.4, 0.5) is 0 Å². The van der Waals surface area contributed by atoms with E-state index >= 15 is 0 Å². The zero-order valence-electron chi connectivity index (χ0n) is 12.9. The number of hydrogen-bond donors (Lipinski definition) is 2. The van der Waals surface area contributed by atoms with Crippen LogP contribution in [0.15, 0.2) is 60.7 Å². The molecule has 0 amide bonds. The number of benzene rings is 3. The molecule has 3 aromatic rings. The fourth-order valence-corrected chi connectivity index (χ4v) is 3.48. The zero-order chi connectivity index (χ0) is 16.7. The molecule has 1 aliphatic rings. The number of phenols is 1. The second kappa shape index (κ2) is 5.32. The van der Waals surface area contributed by atoms with Crippen LogP contribution in [0.3, 0.4) is 0 Å². The highest BCUT2D eigenvalue weighted by Gasteiger charge is 2.35. The van der Waals surface area contributed by atoms with Gasteiger partial charge < -0.3 is 10.2 Å². The van der Waals surface area contributed by atoms with Gasteiger partial charge in [0.15, 0.2) is 6.29 Å². The number of phenolic OH excluding ortho intramolecular Hbond substituents is 1. The van der Waals surface area contributed by atoms with Crippen molar-refractivity contribution in [3.63, 3.8) is 0 Å². The van der Waals surface area contributed by atoms with E-state index in [2.05, 4.69) is 0 Å². The summed E-state index contributed by atoms with van der Waals surface area (Å²) in [6, 6.07) is 18.7. The molecule has 3 aromatic carbocycles. The van der Waals surface area contributed by atoms with Gasteiger partial charge in [-0.1, -0.05) is 60.7 Å². The summed E-state index contributed by atoms with van der Waals surface area (Å²) in [5, 5.41) is 25.0. The molecule has 0 heterocycles. The number of aliphatic hydroxyl groups is 1. The van der Waals surface area contributed by atoms with Crippen LogP contribution < -0.4 is 10.4 Å². The van der Waals surface area contributed by atoms with Gasteiger partial charge in [0.25, 0.3) is 0 Å². The smallest absolute Gasteiger partial charge is 0.156 e. The van der Waals surface area contributed by atoms with E-state index in [1.807, 2.05) is 60.7 Å². The number of rotatable bonds is 2. The van der Waals surface area contributed by atoms with Gasteiger partial charge in [-0.3, -0.25) is 4.79 Å². The van der Waals surface area contributed by atoms with Gasteiger partial charge in [-0.15, -0.1) is 0 Å². The predicted octanol–water partition coefficient (Wildman–Crippen LogP) is 1.86. The number of carbonyl (C=O) groups is 1. The molecular weight excluding hydrogens is 300 g/mol. The Morgan fingerprint density at radius 1 is 0.958 bits per heavy atom. The topological polar surface area (TPSA) is 57.5 Å². The molecule has 3 nitrogen and oxygen atoms in total. The number of aromatic hydroxyl groups is 1. The van der Waals surface area contributed by atoms with Gasteiger partial charge in [-0.2, -0.15) is 0 Å². The molecule has 1 aliphatic carbocycles. The van der Waals surface area contributed by atoms with Crippen molar-refractivity contribution < 1.29 is 15.0 Å². The van der Waals surface area contributed by atoms with E-state index in [9.17, 15) is 15.0 Å². The maximum absolute atomic E-state index is 11.8. The van der Waals surface area contributed by atoms with E-state index in [4.69, 9.17) is 0 Å². The van der Waals surface area contributed by atoms with Crippen molar-refractivity contribution in [3.8, 4) is 5.75 Å². The summed E-state index contributed by atoms with van der Waals surface area (Å²) in [5.41, 5.74) is -0.677. The Kier molecular flexibility index (Phi) is 3.25. The molecule has 0 saturated carbocycles. The molecule has 0 aromatic heterocycles. The maximum atomic E-state index is 11.8. The molecule has 118 valence electrons. The number of carbonyl (C=O) groups excluding carboxylic acids is 1. The van der Waals surface area contributed by atoms with Crippen molar-refractivity contribution in [1.29, 1.82) is 0 Å². The standard InChI is InChI=1S/C21H16O3/c22-13-21(24)12-11-15-6-2-4-8-17(15)20(21)19-16-7-3-1-5-14(16)9-10-18(19)23/h1-11,13,23-24H,12H2. The van der Waals surface area contributed by atoms with Gasteiger partial charge in [0.2, 0.25) is 0 Å². The Bertz CT molecular complexity index is 1080. The normalized spacial score (nSPS) is 19.6. The van der Waals surface area contributed by atoms with Crippen LogP contribution >= 0.6 is 0 Å². The van der Waals surface area contributed by atoms with E-state index in [1.165, 1.54) is 0 Å². The third-order valence-electron chi connectivity index (χ3n) is 4.65. The van der Waals surface area contributed by atoms with Crippen LogP contribution in [-0.2, 0) is 4.79 Å². The molecule has 3 heteroatoms. The molecule has 0 aliphatic heterocycles. The summed E-state index contributed by atoms with van der Waals surface area (Å²) in [5.74, 6) is 0.0562. The molecule has 0 radical (unpaired) electrons. The summed E-state index contributed by atoms with van der Waals surface area (Å²) in [4.78, 5) is 11.8. The summed E-state index contributed by atoms with van der Waals surface area (Å²) < 4.78 is 0. The zero-order valence-corrected chi connectivity index (χ0v) is 12.9. The van der Waals surface area contributed by atoms with Crippen molar-refractivity contribution in [2.24, 2.45) is 0 Å². The van der Waals surface area contributed by atoms with Crippen LogP contribution in [0.5, 0.6) is 5.75 Å². The average Bonchev–Trinajstić information content (AvgIpc) is 2.63. The lowest BCUT2D eigenvalue weighted by Gasteiger charge is -2.28. The lowest BCUT2D eigenvalue weighted by molar-refractivity contribution is -0.118. The molecule has 1 atom stereocenters. The lowest BCUT2D eigenvalue weighted by atomic mass is 9.79. The molecular formula is C21H16O3. The highest BCUT2D eigenvalue weighted by atomic mass is 16.3. The maximum Gasteiger partial charge on any atom is 0.156 e. The summed E-state index contributed by atoms with van der Waals surface area (Å²) >= 11 is 0. The minimum Gasteiger partial charge on any atom is -0.507 e. The van der Waals surface area contributed by atoms with Gasteiger partial charge in [-0.05, 0) is 27.3 Å². The Labute approximate surface area is 138 Å². The third kappa shape index (κ3) is 2.06. The monoisotopic (exact) mass is 316 g/mol. The van der Waals surface area contributed by atoms with Gasteiger partial charge >= 0.3 is 0 Å². The quantitative estimate of drug-likeness (QED) is 0.710. The predicted molar refractivity (Wildman–Crippen MR) is 93.9 cm³/mol. The van der Waals surface area contributed by atoms with Gasteiger partial charge in [-0.25, -0.2) is 0 Å². The van der Waals surface area contributed by atoms with Crippen molar-refractivity contribution in [2.45, 2.75) is 12.0 Å². The minimum absolute atomic E-state index is 0.0562. The summed E-state index contributed by atoms with van der Waals surface area (Å²) in [7, 11) is 0. The molecule has 0 bridgehead atoms. The largest absolute Gasteiger partial charge is 0.507 e. The first-order valence-electron chi connectivity index (χ1n) is 7.84. The van der Waals surface area contributed by atoms with Gasteiger partial charge in [0, 0.05) is 17.6 Å². The average molecular weight is 316 g/mol. The van der Waals surface area contributed by atoms with Crippen molar-refractivity contribution in [3.05, 3.63) is 76.7 Å². The SMILES string of the molecule is O=CC1(O)CC=c2ccccc2=C1c1c(O)ccc2ccccc12. The second-order valence-corrected chi connectivity index (χ2v) is 6.09. The molecule has 2 N–H and O–H groups in total. The van der Waals surface area contributed by atoms with Gasteiger partial charge in [0.05, 0.1) is 0 Å². The number of fused-ring (bicyclic) bond motifs is 2. The molecule has 0 saturated heterocycles. The highest BCUT2D eigenvalue weighted by molar-refractivity contribution is 6.02. The minimum atomic E-state index is -1.66. The fraction of sp³-hybridized carbons (Fsp3) is 0.0952. The van der Waals surface area contributed by atoms with Crippen LogP contribution in [0.1, 0.15) is 12.0 Å². The Morgan fingerprint density at radius 3 is 2.54 bits per heavy atom. The summed E-state index contributed by atoms with van der Waals surface area (Å²) in [6.07, 6.45) is 2.61. The van der Waals surface area contributed by atoms with E-state index in [0.717, 1.165) is 21.2 Å². The van der Waals surface area contributed by atoms with Gasteiger partial charge in [0.1, 0.15) is 11.4 Å². The van der Waals surface area contributed by atoms with Crippen LogP contribution in [0.2, 0.25) is 0 Å². The highest BCUT2D eigenvalue weighted by Crippen LogP contribution is 2.38. The third-order valence-corrected chi connectivity index (χ3v) is 4.65. The molecule has 24 heavy (non-hydrogen) atoms. The lowest BCUT2D eigenvalue weighted by Crippen LogP contribution is -2.44. The first-order chi connectivity index (χ1) is 11.6. The fourth-order valence-electron chi connectivity index (χ4n) is 3.48. The first-order valence-corrected chi connectivity index (χ1v) is 7.84. The Morgan fingerprint density at radius 2 is 1.71 bits per heavy atom. The molecule has 1 unspecified atom stereocenters. The van der Waals surface area contributed by atoms with Crippen LogP contribution in [-0.4, -0.2) is 22.1 Å². The summed E-state index contributed by atoms with van der Waals surface area (Å²) in [6.45, 7) is 0. The first kappa shape index (κ1) is 14.7. The van der Waals surface area contributed by atoms with E-state index in [0.29, 0.717) is 17.4 Å². The second-order valence-electron chi connectivity index (χ2n) is 6.09. The van der Waals surface area contributed by atoms with Crippen molar-refractivity contribution >= 4 is 28.7 Å². The van der Waals surface area contributed by atoms with Crippen LogP contribution in [0, 0.1) is 0 Å². The van der Waals surface area contributed by atoms with E-state index in [-0.39, 0.29) is 12.2 Å². The van der Waals surface area contributed by atoms with Crippen molar-refractivity contribution in [2.75, 3.05) is 0 Å². The van der Waals surface area contributed by atoms with Crippen LogP contribution in [0.25, 0.3) is 22.4 Å². The number of aldehydes is 1. The van der Waals surface area contributed by atoms with E-state index < -0.39 is 5.60 Å². The molecule has 0 spiro atoms. The number of hydrogen-bond acceptors (Lipinski definition) is 3. The Hall–Kier alpha value is -2.91. The molecule has 4 rings (SSSR count). The van der Waals surface area contributed by atoms with E-state index in [1.54, 1.807) is 6.07 Å². The molecule has 0 fully saturated rings. The van der Waals surface area contributed by atoms with Crippen molar-refractivity contribution in [1.82, 2.24) is 0 Å². The Balaban J connectivity index is 2.25.